The van der Waals surface area contributed by atoms with Gasteiger partial charge in [-0.25, -0.2) is 0 Å². The lowest BCUT2D eigenvalue weighted by molar-refractivity contribution is -0.137. The highest BCUT2D eigenvalue weighted by molar-refractivity contribution is 7.99. The zero-order valence-electron chi connectivity index (χ0n) is 22.5. The van der Waals surface area contributed by atoms with Crippen LogP contribution in [-0.4, -0.2) is 59.1 Å². The van der Waals surface area contributed by atoms with E-state index in [1.54, 1.807) is 29.3 Å². The summed E-state index contributed by atoms with van der Waals surface area (Å²) in [5.74, 6) is -4.57. The Morgan fingerprint density at radius 2 is 1.78 bits per heavy atom. The predicted molar refractivity (Wildman–Crippen MR) is 158 cm³/mol. The van der Waals surface area contributed by atoms with Crippen molar-refractivity contribution in [2.45, 2.75) is 36.6 Å². The molecule has 0 bridgehead atoms. The third-order valence-electron chi connectivity index (χ3n) is 6.98. The Morgan fingerprint density at radius 1 is 1.12 bits per heavy atom. The lowest BCUT2D eigenvalue weighted by Gasteiger charge is -2.25. The van der Waals surface area contributed by atoms with Crippen LogP contribution >= 0.6 is 23.1 Å². The molecule has 12 heteroatoms. The van der Waals surface area contributed by atoms with E-state index in [4.69, 9.17) is 11.1 Å². The molecule has 216 valence electrons. The number of carbonyl (C=O) groups excluding carboxylic acids is 3. The van der Waals surface area contributed by atoms with Gasteiger partial charge in [0.25, 0.3) is 11.8 Å². The summed E-state index contributed by atoms with van der Waals surface area (Å²) < 4.78 is 29.6. The van der Waals surface area contributed by atoms with E-state index >= 15 is 0 Å². The fraction of sp³-hybridized carbons (Fsp3) is 0.310. The topological polar surface area (TPSA) is 128 Å². The van der Waals surface area contributed by atoms with E-state index in [2.05, 4.69) is 10.6 Å². The van der Waals surface area contributed by atoms with E-state index in [0.29, 0.717) is 18.5 Å². The van der Waals surface area contributed by atoms with Gasteiger partial charge in [-0.2, -0.15) is 20.5 Å². The monoisotopic (exact) mass is 599 g/mol. The van der Waals surface area contributed by atoms with Crippen LogP contribution in [0.5, 0.6) is 0 Å². The second-order valence-corrected chi connectivity index (χ2v) is 11.8. The van der Waals surface area contributed by atoms with Gasteiger partial charge < -0.3 is 21.3 Å². The molecule has 3 amide bonds. The summed E-state index contributed by atoms with van der Waals surface area (Å²) in [6.07, 6.45) is 2.39. The Labute approximate surface area is 245 Å². The minimum atomic E-state index is -3.22. The number of thioether (sulfide) groups is 1. The molecule has 3 atom stereocenters. The van der Waals surface area contributed by atoms with Crippen LogP contribution in [0.4, 0.5) is 8.78 Å². The molecule has 3 aromatic rings. The number of hydrogen-bond donors (Lipinski definition) is 4. The van der Waals surface area contributed by atoms with Gasteiger partial charge in [-0.3, -0.25) is 19.8 Å². The van der Waals surface area contributed by atoms with Crippen molar-refractivity contribution in [3.05, 3.63) is 93.2 Å². The zero-order valence-corrected chi connectivity index (χ0v) is 24.2. The Hall–Kier alpha value is -3.77. The molecular weight excluding hydrogens is 568 g/mol. The lowest BCUT2D eigenvalue weighted by Crippen LogP contribution is -2.49. The standard InChI is InChI=1S/C29H31F2N5O3S2/c1-17(24-12-19(16-41-24)26(32)33)35-28(39)23-13-22(40-2)15-36(23)25(37)14-34-27(38)18-8-10-21(11-9-18)29(30,31)20-6-4-3-5-7-20/h3-12,16-17,22-23H,13-15H2,1-2H3,(H3,32,33)(H,34,38)(H,35,39)/t17-,22-,23+/m1/s1. The van der Waals surface area contributed by atoms with E-state index < -0.39 is 23.8 Å². The van der Waals surface area contributed by atoms with E-state index in [-0.39, 0.29) is 46.3 Å². The Bertz CT molecular complexity index is 1420. The van der Waals surface area contributed by atoms with Crippen molar-refractivity contribution < 1.29 is 23.2 Å². The van der Waals surface area contributed by atoms with E-state index in [9.17, 15) is 23.2 Å². The summed E-state index contributed by atoms with van der Waals surface area (Å²) in [5.41, 5.74) is 5.86. The maximum atomic E-state index is 14.8. The second kappa shape index (κ2) is 12.8. The summed E-state index contributed by atoms with van der Waals surface area (Å²) in [6, 6.07) is 13.1. The fourth-order valence-corrected chi connectivity index (χ4v) is 6.20. The molecule has 0 unspecified atom stereocenters. The summed E-state index contributed by atoms with van der Waals surface area (Å²) in [5, 5.41) is 14.9. The van der Waals surface area contributed by atoms with Crippen LogP contribution < -0.4 is 16.4 Å². The molecule has 5 N–H and O–H groups in total. The maximum absolute atomic E-state index is 14.8. The molecule has 0 aliphatic carbocycles. The van der Waals surface area contributed by atoms with Crippen LogP contribution in [0.1, 0.15) is 51.3 Å². The number of amides is 3. The van der Waals surface area contributed by atoms with Crippen molar-refractivity contribution in [2.24, 2.45) is 5.73 Å². The highest BCUT2D eigenvalue weighted by Gasteiger charge is 2.40. The Balaban J connectivity index is 1.36. The van der Waals surface area contributed by atoms with Gasteiger partial charge in [0.05, 0.1) is 12.6 Å². The highest BCUT2D eigenvalue weighted by Crippen LogP contribution is 2.35. The summed E-state index contributed by atoms with van der Waals surface area (Å²) >= 11 is 2.94. The molecular formula is C29H31F2N5O3S2. The molecule has 0 radical (unpaired) electrons. The molecule has 41 heavy (non-hydrogen) atoms. The molecule has 2 heterocycles. The molecule has 0 spiro atoms. The summed E-state index contributed by atoms with van der Waals surface area (Å²) in [6.45, 7) is 1.84. The minimum absolute atomic E-state index is 0.0514. The van der Waals surface area contributed by atoms with Gasteiger partial charge in [0.2, 0.25) is 11.8 Å². The average molecular weight is 600 g/mol. The molecule has 4 rings (SSSR count). The lowest BCUT2D eigenvalue weighted by atomic mass is 9.99. The van der Waals surface area contributed by atoms with Gasteiger partial charge in [-0.15, -0.1) is 11.3 Å². The third-order valence-corrected chi connectivity index (χ3v) is 9.11. The van der Waals surface area contributed by atoms with Gasteiger partial charge in [-0.05, 0) is 37.8 Å². The number of nitrogens with one attached hydrogen (secondary N) is 3. The van der Waals surface area contributed by atoms with Crippen molar-refractivity contribution in [2.75, 3.05) is 19.3 Å². The number of nitrogen functional groups attached to an aromatic ring is 1. The fourth-order valence-electron chi connectivity index (χ4n) is 4.60. The van der Waals surface area contributed by atoms with Crippen LogP contribution in [0.15, 0.2) is 66.0 Å². The zero-order chi connectivity index (χ0) is 29.7. The first-order valence-corrected chi connectivity index (χ1v) is 15.1. The third kappa shape index (κ3) is 6.94. The van der Waals surface area contributed by atoms with Crippen molar-refractivity contribution >= 4 is 46.7 Å². The van der Waals surface area contributed by atoms with Gasteiger partial charge in [0.1, 0.15) is 11.9 Å². The summed E-state index contributed by atoms with van der Waals surface area (Å²) in [7, 11) is 0. The van der Waals surface area contributed by atoms with Gasteiger partial charge in [0.15, 0.2) is 0 Å². The number of rotatable bonds is 10. The molecule has 1 fully saturated rings. The number of thiophene rings is 1. The smallest absolute Gasteiger partial charge is 0.298 e. The Kier molecular flexibility index (Phi) is 9.44. The van der Waals surface area contributed by atoms with E-state index in [1.165, 1.54) is 64.8 Å². The maximum Gasteiger partial charge on any atom is 0.298 e. The number of hydrogen-bond acceptors (Lipinski definition) is 6. The first kappa shape index (κ1) is 30.2. The minimum Gasteiger partial charge on any atom is -0.384 e. The molecule has 1 saturated heterocycles. The van der Waals surface area contributed by atoms with Crippen LogP contribution in [-0.2, 0) is 15.5 Å². The van der Waals surface area contributed by atoms with Gasteiger partial charge in [-0.1, -0.05) is 42.5 Å². The number of halogens is 2. The molecule has 1 aliphatic heterocycles. The van der Waals surface area contributed by atoms with Crippen LogP contribution in [0.2, 0.25) is 0 Å². The predicted octanol–water partition coefficient (Wildman–Crippen LogP) is 4.11. The number of nitrogens with two attached hydrogens (primary N) is 1. The molecule has 1 aromatic heterocycles. The van der Waals surface area contributed by atoms with Crippen molar-refractivity contribution in [3.63, 3.8) is 0 Å². The Morgan fingerprint density at radius 3 is 2.39 bits per heavy atom. The molecule has 0 saturated carbocycles. The van der Waals surface area contributed by atoms with Crippen molar-refractivity contribution in [1.29, 1.82) is 5.41 Å². The largest absolute Gasteiger partial charge is 0.384 e. The SMILES string of the molecule is CS[C@@H]1C[C@@H](C(=O)N[C@H](C)c2cc(C(=N)N)cs2)N(C(=O)CNC(=O)c2ccc(C(F)(F)c3ccccc3)cc2)C1. The number of carbonyl (C=O) groups is 3. The number of benzene rings is 2. The van der Waals surface area contributed by atoms with Crippen LogP contribution in [0.25, 0.3) is 0 Å². The average Bonchev–Trinajstić information content (AvgIpc) is 3.65. The van der Waals surface area contributed by atoms with Crippen LogP contribution in [0.3, 0.4) is 0 Å². The molecule has 1 aliphatic rings. The first-order valence-electron chi connectivity index (χ1n) is 12.9. The highest BCUT2D eigenvalue weighted by atomic mass is 32.2. The first-order chi connectivity index (χ1) is 19.5. The molecule has 8 nitrogen and oxygen atoms in total. The quantitative estimate of drug-likeness (QED) is 0.206. The summed E-state index contributed by atoms with van der Waals surface area (Å²) in [4.78, 5) is 41.3. The number of amidine groups is 1. The normalized spacial score (nSPS) is 17.6. The number of alkyl halides is 2. The second-order valence-electron chi connectivity index (χ2n) is 9.74. The number of nitrogens with zero attached hydrogens (tertiary/aromatic N) is 1. The van der Waals surface area contributed by atoms with Crippen LogP contribution in [0, 0.1) is 5.41 Å². The van der Waals surface area contributed by atoms with Gasteiger partial charge >= 0.3 is 0 Å². The number of likely N-dealkylation sites (tertiary alicyclic amines) is 1. The van der Waals surface area contributed by atoms with Crippen molar-refractivity contribution in [3.8, 4) is 0 Å². The van der Waals surface area contributed by atoms with E-state index in [0.717, 1.165) is 4.88 Å². The van der Waals surface area contributed by atoms with Gasteiger partial charge in [0, 0.05) is 44.3 Å². The van der Waals surface area contributed by atoms with Crippen molar-refractivity contribution in [1.82, 2.24) is 15.5 Å². The van der Waals surface area contributed by atoms with E-state index in [1.807, 2.05) is 13.2 Å². The molecule has 2 aromatic carbocycles.